The van der Waals surface area contributed by atoms with Crippen molar-refractivity contribution in [1.82, 2.24) is 20.1 Å². The average molecular weight is 337 g/mol. The number of rotatable bonds is 3. The normalized spacial score (nSPS) is 23.4. The van der Waals surface area contributed by atoms with E-state index in [0.29, 0.717) is 5.91 Å². The summed E-state index contributed by atoms with van der Waals surface area (Å²) in [6.45, 7) is 13.0. The van der Waals surface area contributed by atoms with Crippen molar-refractivity contribution in [2.45, 2.75) is 39.2 Å². The summed E-state index contributed by atoms with van der Waals surface area (Å²) in [6.07, 6.45) is 0.994. The van der Waals surface area contributed by atoms with Crippen LogP contribution >= 0.6 is 11.3 Å². The summed E-state index contributed by atoms with van der Waals surface area (Å²) in [5.41, 5.74) is 1.29. The summed E-state index contributed by atoms with van der Waals surface area (Å²) in [5, 5.41) is 6.67. The maximum Gasteiger partial charge on any atom is 0.227 e. The molecular formula is C17H28N4OS. The van der Waals surface area contributed by atoms with Crippen molar-refractivity contribution in [3.8, 4) is 0 Å². The van der Waals surface area contributed by atoms with Crippen LogP contribution in [0.2, 0.25) is 0 Å². The lowest BCUT2D eigenvalue weighted by atomic mass is 9.98. The zero-order valence-electron chi connectivity index (χ0n) is 14.5. The lowest BCUT2D eigenvalue weighted by Crippen LogP contribution is -2.50. The first-order valence-corrected chi connectivity index (χ1v) is 9.48. The molecule has 1 aromatic heterocycles. The van der Waals surface area contributed by atoms with Gasteiger partial charge in [0.2, 0.25) is 5.91 Å². The second-order valence-electron chi connectivity index (χ2n) is 7.69. The van der Waals surface area contributed by atoms with Crippen LogP contribution in [0.5, 0.6) is 0 Å². The van der Waals surface area contributed by atoms with Crippen LogP contribution in [0, 0.1) is 5.92 Å². The summed E-state index contributed by atoms with van der Waals surface area (Å²) in [7, 11) is 0. The highest BCUT2D eigenvalue weighted by Gasteiger charge is 2.29. The van der Waals surface area contributed by atoms with Gasteiger partial charge in [-0.1, -0.05) is 20.8 Å². The van der Waals surface area contributed by atoms with E-state index in [0.717, 1.165) is 52.2 Å². The molecule has 3 heterocycles. The molecule has 2 fully saturated rings. The molecule has 0 radical (unpaired) electrons. The molecule has 2 saturated heterocycles. The number of carbonyl (C=O) groups excluding carboxylic acids is 1. The largest absolute Gasteiger partial charge is 0.340 e. The molecule has 1 N–H and O–H groups in total. The van der Waals surface area contributed by atoms with Gasteiger partial charge in [0.1, 0.15) is 0 Å². The van der Waals surface area contributed by atoms with Crippen molar-refractivity contribution < 1.29 is 4.79 Å². The van der Waals surface area contributed by atoms with Gasteiger partial charge in [-0.05, 0) is 13.0 Å². The van der Waals surface area contributed by atoms with Crippen molar-refractivity contribution in [2.24, 2.45) is 5.92 Å². The van der Waals surface area contributed by atoms with Gasteiger partial charge in [0.15, 0.2) is 0 Å². The van der Waals surface area contributed by atoms with Gasteiger partial charge in [0, 0.05) is 50.1 Å². The Balaban J connectivity index is 1.49. The Morgan fingerprint density at radius 2 is 2.09 bits per heavy atom. The van der Waals surface area contributed by atoms with E-state index in [1.54, 1.807) is 11.3 Å². The van der Waals surface area contributed by atoms with Crippen LogP contribution in [-0.2, 0) is 16.8 Å². The van der Waals surface area contributed by atoms with E-state index in [2.05, 4.69) is 41.3 Å². The Morgan fingerprint density at radius 3 is 2.65 bits per heavy atom. The lowest BCUT2D eigenvalue weighted by Gasteiger charge is -2.35. The summed E-state index contributed by atoms with van der Waals surface area (Å²) >= 11 is 1.76. The molecule has 1 aromatic rings. The number of thiazole rings is 1. The van der Waals surface area contributed by atoms with Gasteiger partial charge in [-0.2, -0.15) is 0 Å². The van der Waals surface area contributed by atoms with Crippen LogP contribution in [0.15, 0.2) is 5.38 Å². The predicted molar refractivity (Wildman–Crippen MR) is 93.6 cm³/mol. The fraction of sp³-hybridized carbons (Fsp3) is 0.765. The van der Waals surface area contributed by atoms with Gasteiger partial charge in [-0.25, -0.2) is 4.98 Å². The number of amides is 1. The molecule has 2 aliphatic rings. The molecule has 0 aliphatic carbocycles. The molecule has 3 rings (SSSR count). The smallest absolute Gasteiger partial charge is 0.227 e. The first-order valence-electron chi connectivity index (χ1n) is 8.60. The van der Waals surface area contributed by atoms with Crippen LogP contribution in [0.3, 0.4) is 0 Å². The Hall–Kier alpha value is -0.980. The van der Waals surface area contributed by atoms with Crippen molar-refractivity contribution >= 4 is 17.2 Å². The van der Waals surface area contributed by atoms with E-state index in [1.807, 2.05) is 0 Å². The molecule has 2 aliphatic heterocycles. The molecule has 6 heteroatoms. The predicted octanol–water partition coefficient (Wildman–Crippen LogP) is 1.69. The standard InChI is InChI=1S/C17H28N4OS/c1-17(2,3)16-19-14(12-23-16)11-20-6-8-21(9-7-20)15(22)13-4-5-18-10-13/h12-13,18H,4-11H2,1-3H3. The van der Waals surface area contributed by atoms with Crippen molar-refractivity contribution in [3.05, 3.63) is 16.1 Å². The molecule has 5 nitrogen and oxygen atoms in total. The van der Waals surface area contributed by atoms with Crippen molar-refractivity contribution in [3.63, 3.8) is 0 Å². The number of carbonyl (C=O) groups is 1. The Kier molecular flexibility index (Phi) is 5.04. The Labute approximate surface area is 143 Å². The highest BCUT2D eigenvalue weighted by atomic mass is 32.1. The van der Waals surface area contributed by atoms with Crippen molar-refractivity contribution in [1.29, 1.82) is 0 Å². The lowest BCUT2D eigenvalue weighted by molar-refractivity contribution is -0.136. The van der Waals surface area contributed by atoms with Gasteiger partial charge in [-0.15, -0.1) is 11.3 Å². The molecule has 0 aromatic carbocycles. The first-order chi connectivity index (χ1) is 10.9. The van der Waals surface area contributed by atoms with Gasteiger partial charge in [0.05, 0.1) is 16.6 Å². The molecule has 1 amide bonds. The van der Waals surface area contributed by atoms with E-state index in [1.165, 1.54) is 10.7 Å². The van der Waals surface area contributed by atoms with E-state index < -0.39 is 0 Å². The van der Waals surface area contributed by atoms with Crippen molar-refractivity contribution in [2.75, 3.05) is 39.3 Å². The third kappa shape index (κ3) is 4.11. The van der Waals surface area contributed by atoms with Gasteiger partial charge in [-0.3, -0.25) is 9.69 Å². The molecule has 1 unspecified atom stereocenters. The monoisotopic (exact) mass is 336 g/mol. The minimum absolute atomic E-state index is 0.128. The SMILES string of the molecule is CC(C)(C)c1nc(CN2CCN(C(=O)C3CCNC3)CC2)cs1. The molecule has 0 bridgehead atoms. The molecular weight excluding hydrogens is 308 g/mol. The molecule has 1 atom stereocenters. The Morgan fingerprint density at radius 1 is 1.35 bits per heavy atom. The maximum absolute atomic E-state index is 12.4. The summed E-state index contributed by atoms with van der Waals surface area (Å²) in [4.78, 5) is 21.7. The summed E-state index contributed by atoms with van der Waals surface area (Å²) < 4.78 is 0. The second-order valence-corrected chi connectivity index (χ2v) is 8.54. The number of hydrogen-bond acceptors (Lipinski definition) is 5. The highest BCUT2D eigenvalue weighted by molar-refractivity contribution is 7.09. The fourth-order valence-electron chi connectivity index (χ4n) is 3.20. The highest BCUT2D eigenvalue weighted by Crippen LogP contribution is 2.26. The van der Waals surface area contributed by atoms with Crippen LogP contribution in [0.25, 0.3) is 0 Å². The van der Waals surface area contributed by atoms with E-state index in [-0.39, 0.29) is 11.3 Å². The number of piperazine rings is 1. The van der Waals surface area contributed by atoms with Gasteiger partial charge in [0.25, 0.3) is 0 Å². The molecule has 23 heavy (non-hydrogen) atoms. The maximum atomic E-state index is 12.4. The van der Waals surface area contributed by atoms with Gasteiger partial charge < -0.3 is 10.2 Å². The minimum atomic E-state index is 0.128. The first kappa shape index (κ1) is 16.9. The summed E-state index contributed by atoms with van der Waals surface area (Å²) in [6, 6.07) is 0. The molecule has 128 valence electrons. The van der Waals surface area contributed by atoms with Gasteiger partial charge >= 0.3 is 0 Å². The van der Waals surface area contributed by atoms with E-state index in [9.17, 15) is 4.79 Å². The second kappa shape index (κ2) is 6.87. The quantitative estimate of drug-likeness (QED) is 0.913. The van der Waals surface area contributed by atoms with E-state index >= 15 is 0 Å². The third-order valence-corrected chi connectivity index (χ3v) is 5.99. The molecule has 0 spiro atoms. The number of hydrogen-bond donors (Lipinski definition) is 1. The topological polar surface area (TPSA) is 48.5 Å². The van der Waals surface area contributed by atoms with Crippen LogP contribution in [0.1, 0.15) is 37.9 Å². The van der Waals surface area contributed by atoms with Crippen LogP contribution < -0.4 is 5.32 Å². The summed E-state index contributed by atoms with van der Waals surface area (Å²) in [5.74, 6) is 0.549. The third-order valence-electron chi connectivity index (χ3n) is 4.67. The van der Waals surface area contributed by atoms with Crippen LogP contribution in [0.4, 0.5) is 0 Å². The number of nitrogens with zero attached hydrogens (tertiary/aromatic N) is 3. The average Bonchev–Trinajstić information content (AvgIpc) is 3.18. The number of nitrogens with one attached hydrogen (secondary N) is 1. The van der Waals surface area contributed by atoms with E-state index in [4.69, 9.17) is 4.98 Å². The Bertz CT molecular complexity index is 537. The zero-order valence-corrected chi connectivity index (χ0v) is 15.3. The molecule has 0 saturated carbocycles. The number of aromatic nitrogens is 1. The zero-order chi connectivity index (χ0) is 16.4. The fourth-order valence-corrected chi connectivity index (χ4v) is 4.10. The van der Waals surface area contributed by atoms with Crippen LogP contribution in [-0.4, -0.2) is 60.0 Å². The minimum Gasteiger partial charge on any atom is -0.340 e.